The molecule has 47 heavy (non-hydrogen) atoms. The van der Waals surface area contributed by atoms with Crippen LogP contribution < -0.4 is 5.73 Å². The van der Waals surface area contributed by atoms with E-state index < -0.39 is 97.3 Å². The summed E-state index contributed by atoms with van der Waals surface area (Å²) in [5, 5.41) is 63.9. The van der Waals surface area contributed by atoms with Gasteiger partial charge in [-0.2, -0.15) is 0 Å². The number of allylic oxidation sites excluding steroid dienone is 6. The number of carboxylic acid groups (broad SMARTS) is 1. The second-order valence-corrected chi connectivity index (χ2v) is 12.6. The Morgan fingerprint density at radius 3 is 2.36 bits per heavy atom. The molecule has 8 N–H and O–H groups in total. The number of aliphatic hydroxyl groups excluding tert-OH is 4. The van der Waals surface area contributed by atoms with E-state index in [4.69, 9.17) is 29.4 Å². The van der Waals surface area contributed by atoms with Crippen LogP contribution >= 0.6 is 0 Å². The molecule has 4 heterocycles. The number of aliphatic carboxylic acids is 1. The van der Waals surface area contributed by atoms with Gasteiger partial charge in [0.2, 0.25) is 0 Å². The fourth-order valence-corrected chi connectivity index (χ4v) is 6.00. The van der Waals surface area contributed by atoms with Crippen LogP contribution in [0.2, 0.25) is 0 Å². The van der Waals surface area contributed by atoms with E-state index in [0.717, 1.165) is 0 Å². The number of aliphatic hydroxyl groups is 5. The van der Waals surface area contributed by atoms with E-state index in [2.05, 4.69) is 0 Å². The van der Waals surface area contributed by atoms with Crippen LogP contribution in [0.4, 0.5) is 0 Å². The lowest BCUT2D eigenvalue weighted by Crippen LogP contribution is -2.61. The van der Waals surface area contributed by atoms with Gasteiger partial charge in [0, 0.05) is 38.2 Å². The molecule has 3 unspecified atom stereocenters. The van der Waals surface area contributed by atoms with E-state index in [0.29, 0.717) is 6.42 Å². The summed E-state index contributed by atoms with van der Waals surface area (Å²) < 4.78 is 28.5. The lowest BCUT2D eigenvalue weighted by atomic mass is 9.83. The number of cyclic esters (lactones) is 1. The van der Waals surface area contributed by atoms with Crippen LogP contribution in [0, 0.1) is 5.92 Å². The van der Waals surface area contributed by atoms with E-state index in [1.54, 1.807) is 56.4 Å². The molecule has 0 saturated carbocycles. The first-order valence-corrected chi connectivity index (χ1v) is 15.9. The summed E-state index contributed by atoms with van der Waals surface area (Å²) in [5.74, 6) is -5.45. The van der Waals surface area contributed by atoms with Crippen molar-refractivity contribution in [1.82, 2.24) is 0 Å². The molecular formula is C33H47NO13. The number of fused-ring (bicyclic) bond motifs is 3. The minimum absolute atomic E-state index is 0.0789. The maximum atomic E-state index is 12.3. The molecule has 0 radical (unpaired) electrons. The third-order valence-corrected chi connectivity index (χ3v) is 8.58. The molecule has 4 aliphatic heterocycles. The quantitative estimate of drug-likeness (QED) is 0.157. The molecule has 0 aromatic heterocycles. The molecule has 262 valence electrons. The fourth-order valence-electron chi connectivity index (χ4n) is 6.00. The number of epoxide rings is 1. The Bertz CT molecular complexity index is 1220. The molecule has 14 heteroatoms. The van der Waals surface area contributed by atoms with Gasteiger partial charge in [0.15, 0.2) is 12.1 Å². The Labute approximate surface area is 273 Å². The van der Waals surface area contributed by atoms with Crippen LogP contribution in [0.15, 0.2) is 60.8 Å². The van der Waals surface area contributed by atoms with Gasteiger partial charge in [-0.1, -0.05) is 48.6 Å². The number of hydrogen-bond acceptors (Lipinski definition) is 13. The Balaban J connectivity index is 1.58. The largest absolute Gasteiger partial charge is 0.481 e. The molecule has 0 amide bonds. The average molecular weight is 666 g/mol. The van der Waals surface area contributed by atoms with Crippen molar-refractivity contribution in [3.63, 3.8) is 0 Å². The number of nitrogens with two attached hydrogens (primary N) is 1. The molecule has 0 spiro atoms. The third-order valence-electron chi connectivity index (χ3n) is 8.58. The van der Waals surface area contributed by atoms with Gasteiger partial charge in [0.05, 0.1) is 48.8 Å². The van der Waals surface area contributed by atoms with Gasteiger partial charge in [-0.15, -0.1) is 0 Å². The Kier molecular flexibility index (Phi) is 13.1. The Morgan fingerprint density at radius 1 is 0.936 bits per heavy atom. The first kappa shape index (κ1) is 37.1. The van der Waals surface area contributed by atoms with Gasteiger partial charge in [0.25, 0.3) is 0 Å². The van der Waals surface area contributed by atoms with Crippen molar-refractivity contribution in [3.05, 3.63) is 60.8 Å². The van der Waals surface area contributed by atoms with Crippen molar-refractivity contribution < 1.29 is 63.9 Å². The molecule has 3 fully saturated rings. The van der Waals surface area contributed by atoms with Crippen molar-refractivity contribution in [2.24, 2.45) is 11.7 Å². The summed E-state index contributed by atoms with van der Waals surface area (Å²) in [4.78, 5) is 24.4. The Hall–Kier alpha value is -2.76. The minimum Gasteiger partial charge on any atom is -0.481 e. The minimum atomic E-state index is -2.10. The van der Waals surface area contributed by atoms with Gasteiger partial charge in [-0.05, 0) is 19.9 Å². The van der Waals surface area contributed by atoms with E-state index in [9.17, 15) is 40.2 Å². The summed E-state index contributed by atoms with van der Waals surface area (Å²) >= 11 is 0. The zero-order chi connectivity index (χ0) is 34.3. The van der Waals surface area contributed by atoms with E-state index >= 15 is 0 Å². The topological polar surface area (TPSA) is 231 Å². The number of esters is 1. The molecule has 0 aliphatic carbocycles. The maximum absolute atomic E-state index is 12.3. The smallest absolute Gasteiger partial charge is 0.330 e. The van der Waals surface area contributed by atoms with Crippen molar-refractivity contribution in [1.29, 1.82) is 0 Å². The van der Waals surface area contributed by atoms with Crippen LogP contribution in [0.25, 0.3) is 0 Å². The second-order valence-electron chi connectivity index (χ2n) is 12.6. The first-order valence-electron chi connectivity index (χ1n) is 15.9. The van der Waals surface area contributed by atoms with Crippen LogP contribution in [0.5, 0.6) is 0 Å². The highest BCUT2D eigenvalue weighted by Gasteiger charge is 2.51. The van der Waals surface area contributed by atoms with Crippen LogP contribution in [0.3, 0.4) is 0 Å². The van der Waals surface area contributed by atoms with Gasteiger partial charge in [-0.25, -0.2) is 4.79 Å². The SMILES string of the molecule is CC1O[C@@H](OC2/C=C/C=C/C=C/C=C/C[C@@H](C)OC(=O)/C=C/[C@@H]3O[C@H]3C[C@@H](O)C[C@@]3(O)C[C@@H](O)[C@H](C(=O)O)[C@@H](C2)O3)[C@H](O)C(N)[C@@H]1O. The van der Waals surface area contributed by atoms with Crippen LogP contribution in [0.1, 0.15) is 46.0 Å². The average Bonchev–Trinajstić information content (AvgIpc) is 3.72. The maximum Gasteiger partial charge on any atom is 0.330 e. The summed E-state index contributed by atoms with van der Waals surface area (Å²) in [7, 11) is 0. The zero-order valence-electron chi connectivity index (χ0n) is 26.4. The monoisotopic (exact) mass is 665 g/mol. The van der Waals surface area contributed by atoms with Crippen molar-refractivity contribution >= 4 is 11.9 Å². The molecule has 14 nitrogen and oxygen atoms in total. The third kappa shape index (κ3) is 10.6. The second kappa shape index (κ2) is 16.6. The van der Waals surface area contributed by atoms with Gasteiger partial charge < -0.3 is 60.1 Å². The molecular weight excluding hydrogens is 618 g/mol. The number of carboxylic acids is 1. The predicted octanol–water partition coefficient (Wildman–Crippen LogP) is 0.120. The van der Waals surface area contributed by atoms with Crippen LogP contribution in [-0.2, 0) is 33.3 Å². The molecule has 4 rings (SSSR count). The number of ether oxygens (including phenoxy) is 5. The normalized spacial score (nSPS) is 47.2. The van der Waals surface area contributed by atoms with Crippen molar-refractivity contribution in [3.8, 4) is 0 Å². The number of carbonyl (C=O) groups excluding carboxylic acids is 1. The molecule has 0 aromatic rings. The molecule has 4 aliphatic rings. The summed E-state index contributed by atoms with van der Waals surface area (Å²) in [6.45, 7) is 3.34. The highest BCUT2D eigenvalue weighted by molar-refractivity contribution is 5.82. The highest BCUT2D eigenvalue weighted by atomic mass is 16.7. The van der Waals surface area contributed by atoms with Crippen molar-refractivity contribution in [2.75, 3.05) is 0 Å². The number of rotatable bonds is 3. The molecule has 2 bridgehead atoms. The van der Waals surface area contributed by atoms with E-state index in [-0.39, 0.29) is 25.4 Å². The molecule has 0 aromatic carbocycles. The van der Waals surface area contributed by atoms with Gasteiger partial charge in [0.1, 0.15) is 24.2 Å². The molecule has 14 atom stereocenters. The number of carbonyl (C=O) groups is 2. The zero-order valence-corrected chi connectivity index (χ0v) is 26.4. The summed E-state index contributed by atoms with van der Waals surface area (Å²) in [6.07, 6.45) is 5.25. The lowest BCUT2D eigenvalue weighted by molar-refractivity contribution is -0.308. The summed E-state index contributed by atoms with van der Waals surface area (Å²) in [5.41, 5.74) is 5.98. The lowest BCUT2D eigenvalue weighted by Gasteiger charge is -2.45. The fraction of sp³-hybridized carbons (Fsp3) is 0.636. The predicted molar refractivity (Wildman–Crippen MR) is 165 cm³/mol. The van der Waals surface area contributed by atoms with E-state index in [1.165, 1.54) is 12.2 Å². The van der Waals surface area contributed by atoms with E-state index in [1.807, 2.05) is 6.08 Å². The van der Waals surface area contributed by atoms with Crippen LogP contribution in [-0.4, -0.2) is 122 Å². The Morgan fingerprint density at radius 2 is 1.64 bits per heavy atom. The molecule has 3 saturated heterocycles. The highest BCUT2D eigenvalue weighted by Crippen LogP contribution is 2.39. The van der Waals surface area contributed by atoms with Gasteiger partial charge in [-0.3, -0.25) is 4.79 Å². The summed E-state index contributed by atoms with van der Waals surface area (Å²) in [6, 6.07) is -1.08. The van der Waals surface area contributed by atoms with Crippen molar-refractivity contribution in [2.45, 2.75) is 125 Å². The van der Waals surface area contributed by atoms with Gasteiger partial charge >= 0.3 is 11.9 Å². The first-order chi connectivity index (χ1) is 22.3. The standard InChI is InChI=1S/C33H47NO13/c1-18-10-8-6-4-3-5-7-9-11-21(45-32-30(39)28(34)29(38)19(2)44-32)15-25-27(31(40)41)22(36)17-33(42,47-25)16-20(35)14-24-23(46-24)12-13-26(37)43-18/h3-9,11-13,18-25,27-30,32,35-36,38-39,42H,10,14-17,34H2,1-2H3,(H,40,41)/b4-3+,7-5+,8-6+,11-9+,13-12+/t18-,19?,20-,21?,22-,23+,24+,25-,27+,28?,29-,30-,32+,33+/m1/s1. The number of hydrogen-bond donors (Lipinski definition) is 7.